The highest BCUT2D eigenvalue weighted by atomic mass is 16.6. The third-order valence-electron chi connectivity index (χ3n) is 10.3. The molecule has 53 heavy (non-hydrogen) atoms. The molecule has 7 rings (SSSR count). The zero-order chi connectivity index (χ0) is 37.0. The van der Waals surface area contributed by atoms with Crippen molar-refractivity contribution in [2.75, 3.05) is 32.7 Å². The molecular weight excluding hydrogens is 663 g/mol. The van der Waals surface area contributed by atoms with Gasteiger partial charge in [-0.05, 0) is 85.9 Å². The van der Waals surface area contributed by atoms with Gasteiger partial charge >= 0.3 is 6.09 Å². The van der Waals surface area contributed by atoms with E-state index in [1.807, 2.05) is 110 Å². The number of hydrogen-bond acceptors (Lipinski definition) is 7. The van der Waals surface area contributed by atoms with Crippen molar-refractivity contribution in [1.29, 1.82) is 0 Å². The molecule has 2 aliphatic rings. The summed E-state index contributed by atoms with van der Waals surface area (Å²) in [5.74, 6) is 1.99. The second kappa shape index (κ2) is 15.8. The van der Waals surface area contributed by atoms with E-state index in [1.54, 1.807) is 0 Å². The minimum absolute atomic E-state index is 0.193. The Bertz CT molecular complexity index is 2050. The van der Waals surface area contributed by atoms with Crippen LogP contribution in [0.4, 0.5) is 4.79 Å². The van der Waals surface area contributed by atoms with Crippen molar-refractivity contribution in [1.82, 2.24) is 24.6 Å². The van der Waals surface area contributed by atoms with Crippen LogP contribution in [0.3, 0.4) is 0 Å². The Kier molecular flexibility index (Phi) is 10.8. The van der Waals surface area contributed by atoms with Gasteiger partial charge < -0.3 is 19.1 Å². The smallest absolute Gasteiger partial charge is 0.410 e. The Labute approximate surface area is 313 Å². The Balaban J connectivity index is 1.05. The second-order valence-corrected chi connectivity index (χ2v) is 15.4. The molecule has 2 aromatic heterocycles. The van der Waals surface area contributed by atoms with Gasteiger partial charge in [-0.3, -0.25) is 9.58 Å². The van der Waals surface area contributed by atoms with Crippen LogP contribution in [-0.2, 0) is 25.0 Å². The van der Waals surface area contributed by atoms with Gasteiger partial charge in [-0.15, -0.1) is 0 Å². The summed E-state index contributed by atoms with van der Waals surface area (Å²) < 4.78 is 20.0. The quantitative estimate of drug-likeness (QED) is 0.143. The van der Waals surface area contributed by atoms with Gasteiger partial charge in [0.1, 0.15) is 24.5 Å². The van der Waals surface area contributed by atoms with Crippen LogP contribution >= 0.6 is 0 Å². The number of nitrogens with zero attached hydrogens (tertiary/aromatic N) is 5. The zero-order valence-electron chi connectivity index (χ0n) is 31.6. The van der Waals surface area contributed by atoms with E-state index >= 15 is 0 Å². The zero-order valence-corrected chi connectivity index (χ0v) is 31.6. The SMILES string of the molecule is C[C@H]1CN(C(=O)OC(C)(C)C)CC[C@@H]1CN1CC=C(c2ccc3c(-c4ccc(OCc5ccccc5)nc4OCc4ccccc4)nn(C)c3c2)CC1. The molecule has 9 heteroatoms. The molecule has 0 unspecified atom stereocenters. The molecule has 9 nitrogen and oxygen atoms in total. The van der Waals surface area contributed by atoms with Gasteiger partial charge in [-0.25, -0.2) is 4.79 Å². The largest absolute Gasteiger partial charge is 0.473 e. The molecule has 1 saturated heterocycles. The summed E-state index contributed by atoms with van der Waals surface area (Å²) in [7, 11) is 2.00. The van der Waals surface area contributed by atoms with Crippen molar-refractivity contribution in [2.24, 2.45) is 18.9 Å². The Morgan fingerprint density at radius 1 is 0.887 bits per heavy atom. The lowest BCUT2D eigenvalue weighted by atomic mass is 9.86. The highest BCUT2D eigenvalue weighted by Gasteiger charge is 2.32. The average molecular weight is 714 g/mol. The predicted molar refractivity (Wildman–Crippen MR) is 210 cm³/mol. The monoisotopic (exact) mass is 713 g/mol. The number of piperidine rings is 1. The number of carbonyl (C=O) groups is 1. The maximum atomic E-state index is 12.6. The first-order valence-electron chi connectivity index (χ1n) is 18.8. The van der Waals surface area contributed by atoms with Gasteiger partial charge in [-0.2, -0.15) is 10.1 Å². The van der Waals surface area contributed by atoms with Gasteiger partial charge in [0.15, 0.2) is 0 Å². The summed E-state index contributed by atoms with van der Waals surface area (Å²) in [5.41, 5.74) is 6.97. The van der Waals surface area contributed by atoms with Crippen molar-refractivity contribution < 1.29 is 19.0 Å². The van der Waals surface area contributed by atoms with Crippen LogP contribution in [0.15, 0.2) is 97.1 Å². The molecule has 1 amide bonds. The highest BCUT2D eigenvalue weighted by molar-refractivity contribution is 5.96. The van der Waals surface area contributed by atoms with Crippen LogP contribution in [0.1, 0.15) is 57.2 Å². The molecule has 0 aliphatic carbocycles. The number of benzene rings is 3. The standard InChI is InChI=1S/C44H51N5O4/c1-31-27-49(43(50)53-44(2,3)4)25-22-36(31)28-48-23-20-34(21-24-48)35-16-17-37-39(26-35)47(5)46-41(37)38-18-19-40(51-29-32-12-8-6-9-13-32)45-42(38)52-30-33-14-10-7-11-15-33/h6-20,26,31,36H,21-25,27-30H2,1-5H3/t31-,36+/m0/s1. The molecule has 0 radical (unpaired) electrons. The molecule has 2 atom stereocenters. The summed E-state index contributed by atoms with van der Waals surface area (Å²) in [6.45, 7) is 13.3. The Morgan fingerprint density at radius 2 is 1.60 bits per heavy atom. The van der Waals surface area contributed by atoms with Crippen LogP contribution in [0.2, 0.25) is 0 Å². The Morgan fingerprint density at radius 3 is 2.26 bits per heavy atom. The van der Waals surface area contributed by atoms with E-state index in [-0.39, 0.29) is 6.09 Å². The molecular formula is C44H51N5O4. The normalized spacial score (nSPS) is 18.1. The van der Waals surface area contributed by atoms with Gasteiger partial charge in [0.05, 0.1) is 11.1 Å². The maximum Gasteiger partial charge on any atom is 0.410 e. The molecule has 2 aliphatic heterocycles. The van der Waals surface area contributed by atoms with E-state index in [2.05, 4.69) is 36.1 Å². The number of rotatable bonds is 10. The van der Waals surface area contributed by atoms with Crippen LogP contribution < -0.4 is 9.47 Å². The van der Waals surface area contributed by atoms with Crippen LogP contribution in [0, 0.1) is 11.8 Å². The van der Waals surface area contributed by atoms with Crippen molar-refractivity contribution in [3.8, 4) is 23.0 Å². The first kappa shape index (κ1) is 36.2. The number of fused-ring (bicyclic) bond motifs is 1. The number of pyridine rings is 1. The summed E-state index contributed by atoms with van der Waals surface area (Å²) in [5, 5.41) is 6.05. The predicted octanol–water partition coefficient (Wildman–Crippen LogP) is 8.78. The molecule has 0 N–H and O–H groups in total. The van der Waals surface area contributed by atoms with E-state index in [0.717, 1.165) is 78.9 Å². The summed E-state index contributed by atoms with van der Waals surface area (Å²) in [6, 6.07) is 30.8. The Hall–Kier alpha value is -5.15. The fourth-order valence-corrected chi connectivity index (χ4v) is 7.34. The third-order valence-corrected chi connectivity index (χ3v) is 10.3. The molecule has 5 aromatic rings. The van der Waals surface area contributed by atoms with E-state index in [9.17, 15) is 4.79 Å². The second-order valence-electron chi connectivity index (χ2n) is 15.4. The van der Waals surface area contributed by atoms with Crippen LogP contribution in [0.5, 0.6) is 11.8 Å². The fourth-order valence-electron chi connectivity index (χ4n) is 7.34. The summed E-state index contributed by atoms with van der Waals surface area (Å²) >= 11 is 0. The first-order valence-corrected chi connectivity index (χ1v) is 18.8. The summed E-state index contributed by atoms with van der Waals surface area (Å²) in [4.78, 5) is 21.9. The molecule has 4 heterocycles. The number of ether oxygens (including phenoxy) is 3. The average Bonchev–Trinajstić information content (AvgIpc) is 3.49. The number of likely N-dealkylation sites (tertiary alicyclic amines) is 1. The molecule has 276 valence electrons. The number of amides is 1. The molecule has 1 fully saturated rings. The van der Waals surface area contributed by atoms with Crippen molar-refractivity contribution in [2.45, 2.75) is 59.4 Å². The van der Waals surface area contributed by atoms with Crippen LogP contribution in [-0.4, -0.2) is 69.0 Å². The van der Waals surface area contributed by atoms with Gasteiger partial charge in [0.2, 0.25) is 11.8 Å². The molecule has 3 aromatic carbocycles. The molecule has 0 bridgehead atoms. The van der Waals surface area contributed by atoms with Crippen molar-refractivity contribution in [3.63, 3.8) is 0 Å². The van der Waals surface area contributed by atoms with Gasteiger partial charge in [-0.1, -0.05) is 79.7 Å². The highest BCUT2D eigenvalue weighted by Crippen LogP contribution is 2.37. The van der Waals surface area contributed by atoms with Crippen molar-refractivity contribution >= 4 is 22.6 Å². The lowest BCUT2D eigenvalue weighted by Crippen LogP contribution is -2.47. The fraction of sp³-hybridized carbons (Fsp3) is 0.386. The van der Waals surface area contributed by atoms with E-state index in [0.29, 0.717) is 36.8 Å². The number of hydrogen-bond donors (Lipinski definition) is 0. The van der Waals surface area contributed by atoms with Gasteiger partial charge in [0.25, 0.3) is 0 Å². The minimum atomic E-state index is -0.470. The minimum Gasteiger partial charge on any atom is -0.473 e. The third kappa shape index (κ3) is 8.91. The number of carbonyl (C=O) groups excluding carboxylic acids is 1. The number of aryl methyl sites for hydroxylation is 1. The van der Waals surface area contributed by atoms with E-state index in [4.69, 9.17) is 24.3 Å². The van der Waals surface area contributed by atoms with Gasteiger partial charge in [0, 0.05) is 51.2 Å². The first-order chi connectivity index (χ1) is 25.6. The van der Waals surface area contributed by atoms with E-state index in [1.165, 1.54) is 11.1 Å². The lowest BCUT2D eigenvalue weighted by molar-refractivity contribution is 0.00920. The summed E-state index contributed by atoms with van der Waals surface area (Å²) in [6.07, 6.45) is 4.19. The van der Waals surface area contributed by atoms with Crippen molar-refractivity contribution in [3.05, 3.63) is 114 Å². The van der Waals surface area contributed by atoms with Crippen LogP contribution in [0.25, 0.3) is 27.7 Å². The lowest BCUT2D eigenvalue weighted by Gasteiger charge is -2.40. The molecule has 0 spiro atoms. The number of aromatic nitrogens is 3. The molecule has 0 saturated carbocycles. The van der Waals surface area contributed by atoms with E-state index < -0.39 is 5.60 Å². The maximum absolute atomic E-state index is 12.6. The topological polar surface area (TPSA) is 82.0 Å².